The van der Waals surface area contributed by atoms with Crippen LogP contribution in [0.1, 0.15) is 24.2 Å². The smallest absolute Gasteiger partial charge is 0.287 e. The van der Waals surface area contributed by atoms with Gasteiger partial charge in [-0.3, -0.25) is 4.79 Å². The van der Waals surface area contributed by atoms with Gasteiger partial charge in [-0.1, -0.05) is 25.1 Å². The monoisotopic (exact) mass is 230 g/mol. The van der Waals surface area contributed by atoms with Gasteiger partial charge in [0, 0.05) is 17.4 Å². The summed E-state index contributed by atoms with van der Waals surface area (Å²) in [6, 6.07) is 6.46. The van der Waals surface area contributed by atoms with Crippen LogP contribution in [0.2, 0.25) is 0 Å². The third kappa shape index (κ3) is 3.02. The van der Waals surface area contributed by atoms with Gasteiger partial charge in [-0.2, -0.15) is 8.78 Å². The van der Waals surface area contributed by atoms with Crippen molar-refractivity contribution in [2.24, 2.45) is 0 Å². The average Bonchev–Trinajstić information content (AvgIpc) is 2.17. The lowest BCUT2D eigenvalue weighted by Gasteiger charge is -2.11. The normalized spacial score (nSPS) is 11.5. The van der Waals surface area contributed by atoms with Gasteiger partial charge in [0.1, 0.15) is 0 Å². The van der Waals surface area contributed by atoms with Crippen LogP contribution in [0.15, 0.2) is 29.2 Å². The van der Waals surface area contributed by atoms with Crippen LogP contribution >= 0.6 is 11.8 Å². The molecule has 1 aromatic carbocycles. The van der Waals surface area contributed by atoms with Crippen molar-refractivity contribution in [2.75, 3.05) is 5.75 Å². The highest BCUT2D eigenvalue weighted by Crippen LogP contribution is 2.27. The standard InChI is InChI=1S/C11H12F2OS/c1-3-15-9-7-5-4-6-8(9)10(14)11(2,12)13/h4-7H,3H2,1-2H3. The van der Waals surface area contributed by atoms with Gasteiger partial charge in [-0.15, -0.1) is 11.8 Å². The Balaban J connectivity index is 3.08. The molecule has 1 aromatic rings. The van der Waals surface area contributed by atoms with Gasteiger partial charge in [-0.05, 0) is 11.8 Å². The second-order valence-corrected chi connectivity index (χ2v) is 4.45. The molecule has 4 heteroatoms. The van der Waals surface area contributed by atoms with Gasteiger partial charge < -0.3 is 0 Å². The fourth-order valence-electron chi connectivity index (χ4n) is 1.17. The first-order valence-electron chi connectivity index (χ1n) is 4.61. The maximum atomic E-state index is 12.9. The zero-order valence-corrected chi connectivity index (χ0v) is 9.41. The number of Topliss-reactive ketones (excluding diaryl/α,β-unsaturated/α-hetero) is 1. The molecule has 0 radical (unpaired) electrons. The topological polar surface area (TPSA) is 17.1 Å². The van der Waals surface area contributed by atoms with Crippen molar-refractivity contribution in [3.63, 3.8) is 0 Å². The predicted octanol–water partition coefficient (Wildman–Crippen LogP) is 3.64. The van der Waals surface area contributed by atoms with Crippen LogP contribution in [0.3, 0.4) is 0 Å². The summed E-state index contributed by atoms with van der Waals surface area (Å²) in [4.78, 5) is 12.0. The number of alkyl halides is 2. The van der Waals surface area contributed by atoms with Crippen LogP contribution in [0.5, 0.6) is 0 Å². The number of benzene rings is 1. The lowest BCUT2D eigenvalue weighted by Crippen LogP contribution is -2.24. The van der Waals surface area contributed by atoms with Crippen LogP contribution < -0.4 is 0 Å². The maximum Gasteiger partial charge on any atom is 0.307 e. The maximum absolute atomic E-state index is 12.9. The third-order valence-electron chi connectivity index (χ3n) is 1.83. The fourth-order valence-corrected chi connectivity index (χ4v) is 1.97. The van der Waals surface area contributed by atoms with Gasteiger partial charge in [0.25, 0.3) is 0 Å². The van der Waals surface area contributed by atoms with Gasteiger partial charge >= 0.3 is 5.92 Å². The van der Waals surface area contributed by atoms with Crippen LogP contribution in [-0.2, 0) is 0 Å². The lowest BCUT2D eigenvalue weighted by atomic mass is 10.1. The molecule has 0 aliphatic rings. The molecule has 0 heterocycles. The summed E-state index contributed by atoms with van der Waals surface area (Å²) >= 11 is 1.39. The summed E-state index contributed by atoms with van der Waals surface area (Å²) in [7, 11) is 0. The molecule has 0 N–H and O–H groups in total. The van der Waals surface area contributed by atoms with E-state index in [1.165, 1.54) is 17.8 Å². The van der Waals surface area contributed by atoms with Crippen LogP contribution in [0.25, 0.3) is 0 Å². The molecular weight excluding hydrogens is 218 g/mol. The van der Waals surface area contributed by atoms with E-state index in [-0.39, 0.29) is 5.56 Å². The second kappa shape index (κ2) is 4.75. The number of thioether (sulfide) groups is 1. The van der Waals surface area contributed by atoms with E-state index in [1.54, 1.807) is 18.2 Å². The number of hydrogen-bond acceptors (Lipinski definition) is 2. The Labute approximate surface area is 91.9 Å². The van der Waals surface area contributed by atoms with Crippen molar-refractivity contribution in [1.29, 1.82) is 0 Å². The van der Waals surface area contributed by atoms with Crippen molar-refractivity contribution >= 4 is 17.5 Å². The van der Waals surface area contributed by atoms with Gasteiger partial charge in [0.15, 0.2) is 0 Å². The van der Waals surface area contributed by atoms with Crippen LogP contribution in [0.4, 0.5) is 8.78 Å². The Bertz CT molecular complexity index is 358. The molecule has 82 valence electrons. The molecule has 0 bridgehead atoms. The summed E-state index contributed by atoms with van der Waals surface area (Å²) in [6.07, 6.45) is 0. The minimum atomic E-state index is -3.30. The highest BCUT2D eigenvalue weighted by molar-refractivity contribution is 7.99. The first-order chi connectivity index (χ1) is 6.96. The SMILES string of the molecule is CCSc1ccccc1C(=O)C(C)(F)F. The Morgan fingerprint density at radius 1 is 1.40 bits per heavy atom. The first-order valence-corrected chi connectivity index (χ1v) is 5.59. The number of halogens is 2. The quantitative estimate of drug-likeness (QED) is 0.580. The fraction of sp³-hybridized carbons (Fsp3) is 0.364. The molecule has 0 aliphatic heterocycles. The summed E-state index contributed by atoms with van der Waals surface area (Å²) in [6.45, 7) is 2.54. The Hall–Kier alpha value is -0.900. The summed E-state index contributed by atoms with van der Waals surface area (Å²) in [5.74, 6) is -3.66. The Kier molecular flexibility index (Phi) is 3.85. The largest absolute Gasteiger partial charge is 0.307 e. The molecule has 1 nitrogen and oxygen atoms in total. The summed E-state index contributed by atoms with van der Waals surface area (Å²) < 4.78 is 25.7. The van der Waals surface area contributed by atoms with E-state index in [0.717, 1.165) is 5.75 Å². The van der Waals surface area contributed by atoms with Crippen LogP contribution in [0, 0.1) is 0 Å². The number of rotatable bonds is 4. The molecule has 0 amide bonds. The van der Waals surface area contributed by atoms with E-state index in [4.69, 9.17) is 0 Å². The molecule has 0 atom stereocenters. The van der Waals surface area contributed by atoms with E-state index in [1.807, 2.05) is 6.92 Å². The average molecular weight is 230 g/mol. The number of carbonyl (C=O) groups is 1. The minimum Gasteiger partial charge on any atom is -0.287 e. The van der Waals surface area contributed by atoms with Gasteiger partial charge in [0.05, 0.1) is 0 Å². The predicted molar refractivity (Wildman–Crippen MR) is 57.8 cm³/mol. The molecule has 0 aromatic heterocycles. The van der Waals surface area contributed by atoms with E-state index in [0.29, 0.717) is 11.8 Å². The Morgan fingerprint density at radius 3 is 2.53 bits per heavy atom. The third-order valence-corrected chi connectivity index (χ3v) is 2.79. The molecule has 0 saturated carbocycles. The van der Waals surface area contributed by atoms with Crippen LogP contribution in [-0.4, -0.2) is 17.5 Å². The first kappa shape index (κ1) is 12.2. The molecule has 0 fully saturated rings. The van der Waals surface area contributed by atoms with Crippen molar-refractivity contribution in [1.82, 2.24) is 0 Å². The molecular formula is C11H12F2OS. The van der Waals surface area contributed by atoms with Crippen molar-refractivity contribution < 1.29 is 13.6 Å². The molecule has 0 spiro atoms. The van der Waals surface area contributed by atoms with Crippen molar-refractivity contribution in [3.05, 3.63) is 29.8 Å². The number of ketones is 1. The minimum absolute atomic E-state index is 0.108. The lowest BCUT2D eigenvalue weighted by molar-refractivity contribution is 0.0218. The summed E-state index contributed by atoms with van der Waals surface area (Å²) in [5.41, 5.74) is 0.108. The highest BCUT2D eigenvalue weighted by Gasteiger charge is 2.34. The molecule has 15 heavy (non-hydrogen) atoms. The molecule has 1 rings (SSSR count). The molecule has 0 saturated heterocycles. The Morgan fingerprint density at radius 2 is 2.00 bits per heavy atom. The van der Waals surface area contributed by atoms with Gasteiger partial charge in [0.2, 0.25) is 5.78 Å². The molecule has 0 unspecified atom stereocenters. The second-order valence-electron chi connectivity index (χ2n) is 3.15. The number of hydrogen-bond donors (Lipinski definition) is 0. The van der Waals surface area contributed by atoms with E-state index in [9.17, 15) is 13.6 Å². The highest BCUT2D eigenvalue weighted by atomic mass is 32.2. The van der Waals surface area contributed by atoms with E-state index < -0.39 is 11.7 Å². The van der Waals surface area contributed by atoms with Gasteiger partial charge in [-0.25, -0.2) is 0 Å². The summed E-state index contributed by atoms with van der Waals surface area (Å²) in [5, 5.41) is 0. The molecule has 0 aliphatic carbocycles. The van der Waals surface area contributed by atoms with E-state index in [2.05, 4.69) is 0 Å². The zero-order valence-electron chi connectivity index (χ0n) is 8.59. The van der Waals surface area contributed by atoms with E-state index >= 15 is 0 Å². The van der Waals surface area contributed by atoms with Crippen molar-refractivity contribution in [3.8, 4) is 0 Å². The zero-order chi connectivity index (χ0) is 11.5. The van der Waals surface area contributed by atoms with Crippen molar-refractivity contribution in [2.45, 2.75) is 24.7 Å². The number of carbonyl (C=O) groups excluding carboxylic acids is 1.